The first-order valence-corrected chi connectivity index (χ1v) is 14.5. The van der Waals surface area contributed by atoms with Crippen LogP contribution in [0.4, 0.5) is 0 Å². The molecular weight excluding hydrogens is 432 g/mol. The summed E-state index contributed by atoms with van der Waals surface area (Å²) >= 11 is 0. The molecule has 5 rings (SSSR count). The maximum atomic E-state index is 13.0. The molecule has 0 heterocycles. The first-order chi connectivity index (χ1) is 16.2. The number of hydrogen-bond acceptors (Lipinski definition) is 3. The number of hydrogen-bond donors (Lipinski definition) is 0. The Hall–Kier alpha value is -1.12. The molecule has 0 aromatic heterocycles. The van der Waals surface area contributed by atoms with Gasteiger partial charge < -0.3 is 4.74 Å². The standard InChI is InChI=1S/C32H50O3/c1-20(2)22-11-16-32(19-35-21(3)33)18-17-30(7)23(27(22)32)9-10-25-29(6)14-13-26(34)28(4,5)24(29)12-15-31(25,30)8/h22-25,27H,1,9-19H2,2-8H3/t22-,23+,24?,25+,27?,29-,30+,31+,32+/m0/s1. The molecule has 0 bridgehead atoms. The number of allylic oxidation sites excluding steroid dienone is 1. The summed E-state index contributed by atoms with van der Waals surface area (Å²) in [4.78, 5) is 24.8. The molecule has 2 unspecified atom stereocenters. The van der Waals surface area contributed by atoms with Crippen molar-refractivity contribution in [3.8, 4) is 0 Å². The van der Waals surface area contributed by atoms with Crippen molar-refractivity contribution < 1.29 is 14.3 Å². The highest BCUT2D eigenvalue weighted by Crippen LogP contribution is 2.77. The molecule has 0 aliphatic heterocycles. The molecule has 0 aromatic rings. The van der Waals surface area contributed by atoms with Crippen molar-refractivity contribution >= 4 is 11.8 Å². The van der Waals surface area contributed by atoms with Crippen LogP contribution in [0.15, 0.2) is 12.2 Å². The predicted octanol–water partition coefficient (Wildman–Crippen LogP) is 7.78. The molecule has 0 spiro atoms. The molecule has 0 aromatic carbocycles. The maximum absolute atomic E-state index is 13.0. The van der Waals surface area contributed by atoms with Crippen LogP contribution in [0.25, 0.3) is 0 Å². The van der Waals surface area contributed by atoms with E-state index < -0.39 is 0 Å². The Morgan fingerprint density at radius 2 is 1.60 bits per heavy atom. The number of rotatable bonds is 3. The number of Topliss-reactive ketones (excluding diaryl/α,β-unsaturated/α-hetero) is 1. The first kappa shape index (κ1) is 25.5. The summed E-state index contributed by atoms with van der Waals surface area (Å²) < 4.78 is 5.78. The number of carbonyl (C=O) groups excluding carboxylic acids is 2. The van der Waals surface area contributed by atoms with Crippen LogP contribution in [0.2, 0.25) is 0 Å². The minimum atomic E-state index is -0.186. The third-order valence-corrected chi connectivity index (χ3v) is 13.5. The van der Waals surface area contributed by atoms with E-state index in [0.717, 1.165) is 12.8 Å². The van der Waals surface area contributed by atoms with Gasteiger partial charge >= 0.3 is 5.97 Å². The van der Waals surface area contributed by atoms with Gasteiger partial charge in [-0.1, -0.05) is 46.8 Å². The van der Waals surface area contributed by atoms with E-state index in [1.165, 1.54) is 56.9 Å². The van der Waals surface area contributed by atoms with Gasteiger partial charge in [0.25, 0.3) is 0 Å². The van der Waals surface area contributed by atoms with Crippen molar-refractivity contribution in [2.75, 3.05) is 6.61 Å². The van der Waals surface area contributed by atoms with E-state index in [1.54, 1.807) is 6.92 Å². The summed E-state index contributed by atoms with van der Waals surface area (Å²) in [6.45, 7) is 21.2. The van der Waals surface area contributed by atoms with Crippen LogP contribution in [0, 0.1) is 56.7 Å². The van der Waals surface area contributed by atoms with E-state index in [2.05, 4.69) is 48.1 Å². The molecule has 0 radical (unpaired) electrons. The minimum absolute atomic E-state index is 0.128. The second-order valence-corrected chi connectivity index (χ2v) is 15.0. The van der Waals surface area contributed by atoms with Crippen molar-refractivity contribution in [2.24, 2.45) is 56.7 Å². The fourth-order valence-corrected chi connectivity index (χ4v) is 11.6. The summed E-state index contributed by atoms with van der Waals surface area (Å²) in [5.41, 5.74) is 2.12. The van der Waals surface area contributed by atoms with Crippen LogP contribution in [0.3, 0.4) is 0 Å². The summed E-state index contributed by atoms with van der Waals surface area (Å²) in [7, 11) is 0. The summed E-state index contributed by atoms with van der Waals surface area (Å²) in [5, 5.41) is 0. The molecular formula is C32H50O3. The SMILES string of the molecule is C=C(C)[C@@H]1CC[C@]2(COC(C)=O)CC[C@]3(C)[C@H](CC[C@@H]4[C@@]5(C)CCC(=O)C(C)(C)C5CC[C@]43C)C12. The Bertz CT molecular complexity index is 933. The highest BCUT2D eigenvalue weighted by atomic mass is 16.5. The Kier molecular flexibility index (Phi) is 5.79. The van der Waals surface area contributed by atoms with Crippen LogP contribution >= 0.6 is 0 Å². The summed E-state index contributed by atoms with van der Waals surface area (Å²) in [5.74, 6) is 3.34. The smallest absolute Gasteiger partial charge is 0.302 e. The van der Waals surface area contributed by atoms with E-state index in [9.17, 15) is 9.59 Å². The van der Waals surface area contributed by atoms with Gasteiger partial charge in [0.2, 0.25) is 0 Å². The Morgan fingerprint density at radius 3 is 2.26 bits per heavy atom. The molecule has 3 nitrogen and oxygen atoms in total. The zero-order valence-electron chi connectivity index (χ0n) is 23.6. The zero-order valence-corrected chi connectivity index (χ0v) is 23.6. The quantitative estimate of drug-likeness (QED) is 0.305. The number of ketones is 1. The lowest BCUT2D eigenvalue weighted by molar-refractivity contribution is -0.237. The monoisotopic (exact) mass is 482 g/mol. The molecule has 35 heavy (non-hydrogen) atoms. The average molecular weight is 483 g/mol. The predicted molar refractivity (Wildman–Crippen MR) is 141 cm³/mol. The third kappa shape index (κ3) is 3.27. The van der Waals surface area contributed by atoms with Crippen molar-refractivity contribution in [1.82, 2.24) is 0 Å². The number of carbonyl (C=O) groups is 2. The molecule has 5 aliphatic rings. The average Bonchev–Trinajstić information content (AvgIpc) is 3.16. The van der Waals surface area contributed by atoms with Crippen molar-refractivity contribution in [2.45, 2.75) is 113 Å². The van der Waals surface area contributed by atoms with Crippen molar-refractivity contribution in [1.29, 1.82) is 0 Å². The Morgan fingerprint density at radius 1 is 0.886 bits per heavy atom. The maximum Gasteiger partial charge on any atom is 0.302 e. The zero-order chi connectivity index (χ0) is 25.6. The highest BCUT2D eigenvalue weighted by Gasteiger charge is 2.71. The molecule has 5 fully saturated rings. The largest absolute Gasteiger partial charge is 0.465 e. The third-order valence-electron chi connectivity index (χ3n) is 13.5. The highest BCUT2D eigenvalue weighted by molar-refractivity contribution is 5.85. The van der Waals surface area contributed by atoms with Crippen LogP contribution in [0.1, 0.15) is 113 Å². The van der Waals surface area contributed by atoms with E-state index in [0.29, 0.717) is 47.4 Å². The van der Waals surface area contributed by atoms with E-state index in [4.69, 9.17) is 4.74 Å². The molecule has 5 aliphatic carbocycles. The van der Waals surface area contributed by atoms with Gasteiger partial charge in [0.15, 0.2) is 0 Å². The summed E-state index contributed by atoms with van der Waals surface area (Å²) in [6, 6.07) is 0. The lowest BCUT2D eigenvalue weighted by Crippen LogP contribution is -2.66. The summed E-state index contributed by atoms with van der Waals surface area (Å²) in [6.07, 6.45) is 11.6. The molecule has 0 N–H and O–H groups in total. The minimum Gasteiger partial charge on any atom is -0.465 e. The van der Waals surface area contributed by atoms with Gasteiger partial charge in [0.05, 0.1) is 6.61 Å². The first-order valence-electron chi connectivity index (χ1n) is 14.5. The number of ether oxygens (including phenoxy) is 1. The van der Waals surface area contributed by atoms with E-state index >= 15 is 0 Å². The second-order valence-electron chi connectivity index (χ2n) is 15.0. The number of esters is 1. The van der Waals surface area contributed by atoms with Gasteiger partial charge in [-0.2, -0.15) is 0 Å². The van der Waals surface area contributed by atoms with Crippen molar-refractivity contribution in [3.63, 3.8) is 0 Å². The van der Waals surface area contributed by atoms with Gasteiger partial charge in [-0.05, 0) is 111 Å². The van der Waals surface area contributed by atoms with Crippen LogP contribution in [-0.4, -0.2) is 18.4 Å². The lowest BCUT2D eigenvalue weighted by Gasteiger charge is -2.72. The Labute approximate surface area is 214 Å². The molecule has 3 heteroatoms. The topological polar surface area (TPSA) is 43.4 Å². The van der Waals surface area contributed by atoms with Gasteiger partial charge in [0.1, 0.15) is 5.78 Å². The molecule has 196 valence electrons. The van der Waals surface area contributed by atoms with E-state index in [-0.39, 0.29) is 27.6 Å². The fourth-order valence-electron chi connectivity index (χ4n) is 11.6. The van der Waals surface area contributed by atoms with Crippen LogP contribution in [0.5, 0.6) is 0 Å². The molecule has 0 amide bonds. The van der Waals surface area contributed by atoms with Gasteiger partial charge in [-0.25, -0.2) is 0 Å². The molecule has 5 saturated carbocycles. The normalized spacial score (nSPS) is 50.4. The van der Waals surface area contributed by atoms with E-state index in [1.807, 2.05) is 0 Å². The van der Waals surface area contributed by atoms with Gasteiger partial charge in [-0.3, -0.25) is 9.59 Å². The lowest BCUT2D eigenvalue weighted by atomic mass is 9.32. The van der Waals surface area contributed by atoms with Gasteiger partial charge in [0, 0.05) is 24.2 Å². The second kappa shape index (κ2) is 7.94. The van der Waals surface area contributed by atoms with Gasteiger partial charge in [-0.15, -0.1) is 0 Å². The van der Waals surface area contributed by atoms with Crippen LogP contribution < -0.4 is 0 Å². The van der Waals surface area contributed by atoms with Crippen molar-refractivity contribution in [3.05, 3.63) is 12.2 Å². The molecule has 0 saturated heterocycles. The van der Waals surface area contributed by atoms with Crippen LogP contribution in [-0.2, 0) is 14.3 Å². The molecule has 9 atom stereocenters. The number of fused-ring (bicyclic) bond motifs is 7. The fraction of sp³-hybridized carbons (Fsp3) is 0.875. The Balaban J connectivity index is 1.53.